The van der Waals surface area contributed by atoms with Crippen LogP contribution < -0.4 is 0 Å². The van der Waals surface area contributed by atoms with Gasteiger partial charge in [0.1, 0.15) is 4.90 Å². The van der Waals surface area contributed by atoms with Crippen molar-refractivity contribution in [2.45, 2.75) is 30.1 Å². The van der Waals surface area contributed by atoms with Crippen LogP contribution in [0.4, 0.5) is 0 Å². The SMILES string of the molecule is O=S(=O)(c1cccc2cccnc12)N1CCCCC(c2ccccc2)C1. The zero-order chi connectivity index (χ0) is 18.0. The Morgan fingerprint density at radius 1 is 0.923 bits per heavy atom. The molecule has 1 aromatic heterocycles. The predicted molar refractivity (Wildman–Crippen MR) is 104 cm³/mol. The van der Waals surface area contributed by atoms with Gasteiger partial charge in [-0.1, -0.05) is 55.0 Å². The zero-order valence-corrected chi connectivity index (χ0v) is 15.4. The molecule has 0 N–H and O–H groups in total. The fraction of sp³-hybridized carbons (Fsp3) is 0.286. The lowest BCUT2D eigenvalue weighted by Gasteiger charge is -2.24. The molecule has 3 aromatic rings. The molecule has 5 heteroatoms. The van der Waals surface area contributed by atoms with Crippen LogP contribution in [-0.4, -0.2) is 30.8 Å². The first-order chi connectivity index (χ1) is 12.7. The molecule has 0 bridgehead atoms. The van der Waals surface area contributed by atoms with E-state index in [0.717, 1.165) is 24.6 Å². The summed E-state index contributed by atoms with van der Waals surface area (Å²) in [5.41, 5.74) is 1.76. The number of rotatable bonds is 3. The van der Waals surface area contributed by atoms with Crippen LogP contribution in [-0.2, 0) is 10.0 Å². The van der Waals surface area contributed by atoms with Gasteiger partial charge in [-0.15, -0.1) is 0 Å². The molecule has 0 aliphatic carbocycles. The summed E-state index contributed by atoms with van der Waals surface area (Å²) in [6.07, 6.45) is 4.60. The molecular weight excluding hydrogens is 344 g/mol. The number of hydrogen-bond acceptors (Lipinski definition) is 3. The highest BCUT2D eigenvalue weighted by Gasteiger charge is 2.30. The van der Waals surface area contributed by atoms with E-state index in [-0.39, 0.29) is 5.92 Å². The molecular formula is C21H22N2O2S. The van der Waals surface area contributed by atoms with Crippen LogP contribution in [0.5, 0.6) is 0 Å². The normalized spacial score (nSPS) is 19.3. The lowest BCUT2D eigenvalue weighted by molar-refractivity contribution is 0.406. The maximum absolute atomic E-state index is 13.4. The second-order valence-corrected chi connectivity index (χ2v) is 8.70. The molecule has 1 fully saturated rings. The Balaban J connectivity index is 1.72. The van der Waals surface area contributed by atoms with Crippen LogP contribution >= 0.6 is 0 Å². The summed E-state index contributed by atoms with van der Waals surface area (Å²) in [4.78, 5) is 4.65. The molecule has 1 aliphatic heterocycles. The van der Waals surface area contributed by atoms with Gasteiger partial charge in [0.25, 0.3) is 0 Å². The van der Waals surface area contributed by atoms with E-state index in [1.165, 1.54) is 5.56 Å². The van der Waals surface area contributed by atoms with Crippen molar-refractivity contribution in [2.75, 3.05) is 13.1 Å². The Morgan fingerprint density at radius 3 is 2.58 bits per heavy atom. The van der Waals surface area contributed by atoms with E-state index in [0.29, 0.717) is 23.5 Å². The van der Waals surface area contributed by atoms with Gasteiger partial charge in [0, 0.05) is 24.7 Å². The Bertz CT molecular complexity index is 997. The lowest BCUT2D eigenvalue weighted by Crippen LogP contribution is -2.34. The second-order valence-electron chi connectivity index (χ2n) is 6.80. The van der Waals surface area contributed by atoms with E-state index >= 15 is 0 Å². The maximum atomic E-state index is 13.4. The molecule has 0 amide bonds. The molecule has 2 aromatic carbocycles. The summed E-state index contributed by atoms with van der Waals surface area (Å²) in [6.45, 7) is 1.09. The van der Waals surface area contributed by atoms with Crippen molar-refractivity contribution in [1.82, 2.24) is 9.29 Å². The van der Waals surface area contributed by atoms with Crippen LogP contribution in [0.3, 0.4) is 0 Å². The number of aromatic nitrogens is 1. The number of benzene rings is 2. The molecule has 0 radical (unpaired) electrons. The second kappa shape index (κ2) is 7.17. The van der Waals surface area contributed by atoms with Crippen molar-refractivity contribution < 1.29 is 8.42 Å². The van der Waals surface area contributed by atoms with E-state index in [1.807, 2.05) is 36.4 Å². The molecule has 0 saturated carbocycles. The smallest absolute Gasteiger partial charge is 0.245 e. The number of hydrogen-bond donors (Lipinski definition) is 0. The van der Waals surface area contributed by atoms with Gasteiger partial charge in [0.15, 0.2) is 0 Å². The number of para-hydroxylation sites is 1. The first-order valence-electron chi connectivity index (χ1n) is 9.05. The minimum Gasteiger partial charge on any atom is -0.255 e. The average molecular weight is 366 g/mol. The van der Waals surface area contributed by atoms with Gasteiger partial charge in [-0.2, -0.15) is 4.31 Å². The summed E-state index contributed by atoms with van der Waals surface area (Å²) in [5, 5.41) is 0.850. The number of fused-ring (bicyclic) bond motifs is 1. The van der Waals surface area contributed by atoms with Gasteiger partial charge in [0.2, 0.25) is 10.0 Å². The van der Waals surface area contributed by atoms with Crippen molar-refractivity contribution >= 4 is 20.9 Å². The fourth-order valence-corrected chi connectivity index (χ4v) is 5.44. The van der Waals surface area contributed by atoms with E-state index in [1.54, 1.807) is 22.6 Å². The van der Waals surface area contributed by atoms with Crippen LogP contribution in [0.2, 0.25) is 0 Å². The van der Waals surface area contributed by atoms with Crippen LogP contribution in [0.15, 0.2) is 71.8 Å². The van der Waals surface area contributed by atoms with Crippen molar-refractivity contribution in [1.29, 1.82) is 0 Å². The molecule has 134 valence electrons. The first kappa shape index (κ1) is 17.2. The molecule has 1 aliphatic rings. The third-order valence-electron chi connectivity index (χ3n) is 5.12. The predicted octanol–water partition coefficient (Wildman–Crippen LogP) is 4.19. The molecule has 1 atom stereocenters. The monoisotopic (exact) mass is 366 g/mol. The Morgan fingerprint density at radius 2 is 1.73 bits per heavy atom. The lowest BCUT2D eigenvalue weighted by atomic mass is 9.95. The molecule has 0 spiro atoms. The van der Waals surface area contributed by atoms with Gasteiger partial charge in [-0.3, -0.25) is 4.98 Å². The molecule has 26 heavy (non-hydrogen) atoms. The number of nitrogens with zero attached hydrogens (tertiary/aromatic N) is 2. The first-order valence-corrected chi connectivity index (χ1v) is 10.5. The Labute approximate surface area is 154 Å². The third-order valence-corrected chi connectivity index (χ3v) is 7.02. The molecule has 4 nitrogen and oxygen atoms in total. The minimum atomic E-state index is -3.58. The highest BCUT2D eigenvalue weighted by atomic mass is 32.2. The van der Waals surface area contributed by atoms with Gasteiger partial charge in [-0.05, 0) is 36.5 Å². The quantitative estimate of drug-likeness (QED) is 0.698. The van der Waals surface area contributed by atoms with Gasteiger partial charge in [-0.25, -0.2) is 8.42 Å². The molecule has 1 unspecified atom stereocenters. The zero-order valence-electron chi connectivity index (χ0n) is 14.6. The van der Waals surface area contributed by atoms with E-state index in [4.69, 9.17) is 0 Å². The fourth-order valence-electron chi connectivity index (χ4n) is 3.75. The number of pyridine rings is 1. The maximum Gasteiger partial charge on any atom is 0.245 e. The van der Waals surface area contributed by atoms with E-state index in [9.17, 15) is 8.42 Å². The summed E-state index contributed by atoms with van der Waals surface area (Å²) >= 11 is 0. The van der Waals surface area contributed by atoms with Crippen molar-refractivity contribution in [3.05, 3.63) is 72.4 Å². The Hall–Kier alpha value is -2.24. The summed E-state index contributed by atoms with van der Waals surface area (Å²) in [5.74, 6) is 0.233. The highest BCUT2D eigenvalue weighted by Crippen LogP contribution is 2.31. The van der Waals surface area contributed by atoms with Crippen LogP contribution in [0.1, 0.15) is 30.7 Å². The van der Waals surface area contributed by atoms with Gasteiger partial charge < -0.3 is 0 Å². The molecule has 2 heterocycles. The minimum absolute atomic E-state index is 0.233. The number of sulfonamides is 1. The van der Waals surface area contributed by atoms with E-state index < -0.39 is 10.0 Å². The summed E-state index contributed by atoms with van der Waals surface area (Å²) in [7, 11) is -3.58. The van der Waals surface area contributed by atoms with Crippen molar-refractivity contribution in [2.24, 2.45) is 0 Å². The summed E-state index contributed by atoms with van der Waals surface area (Å²) < 4.78 is 28.5. The molecule has 1 saturated heterocycles. The highest BCUT2D eigenvalue weighted by molar-refractivity contribution is 7.89. The summed E-state index contributed by atoms with van der Waals surface area (Å²) in [6, 6.07) is 19.3. The average Bonchev–Trinajstić information content (AvgIpc) is 2.95. The Kier molecular flexibility index (Phi) is 4.74. The van der Waals surface area contributed by atoms with Crippen LogP contribution in [0.25, 0.3) is 10.9 Å². The van der Waals surface area contributed by atoms with Crippen molar-refractivity contribution in [3.8, 4) is 0 Å². The topological polar surface area (TPSA) is 50.3 Å². The third kappa shape index (κ3) is 3.24. The van der Waals surface area contributed by atoms with E-state index in [2.05, 4.69) is 17.1 Å². The van der Waals surface area contributed by atoms with Crippen molar-refractivity contribution in [3.63, 3.8) is 0 Å². The van der Waals surface area contributed by atoms with Gasteiger partial charge in [0.05, 0.1) is 5.52 Å². The molecule has 4 rings (SSSR count). The van der Waals surface area contributed by atoms with Crippen LogP contribution in [0, 0.1) is 0 Å². The standard InChI is InChI=1S/C21H22N2O2S/c24-26(25,20-13-6-11-18-12-7-14-22-21(18)20)23-15-5-4-10-19(16-23)17-8-2-1-3-9-17/h1-3,6-9,11-14,19H,4-5,10,15-16H2. The largest absolute Gasteiger partial charge is 0.255 e. The van der Waals surface area contributed by atoms with Gasteiger partial charge >= 0.3 is 0 Å².